The predicted molar refractivity (Wildman–Crippen MR) is 97.4 cm³/mol. The largest absolute Gasteiger partial charge is 0.348 e. The van der Waals surface area contributed by atoms with Gasteiger partial charge in [0, 0.05) is 28.9 Å². The number of carbonyl (C=O) groups excluding carboxylic acids is 1. The zero-order chi connectivity index (χ0) is 17.6. The van der Waals surface area contributed by atoms with Gasteiger partial charge < -0.3 is 5.32 Å². The third-order valence-electron chi connectivity index (χ3n) is 3.52. The smallest absolute Gasteiger partial charge is 0.244 e. The average molecular weight is 353 g/mol. The van der Waals surface area contributed by atoms with Crippen molar-refractivity contribution >= 4 is 23.3 Å². The highest BCUT2D eigenvalue weighted by atomic mass is 32.1. The van der Waals surface area contributed by atoms with Gasteiger partial charge in [0.2, 0.25) is 5.91 Å². The molecular formula is C19H16FN3OS. The van der Waals surface area contributed by atoms with Crippen LogP contribution in [0.1, 0.15) is 16.1 Å². The van der Waals surface area contributed by atoms with Crippen molar-refractivity contribution in [3.8, 4) is 10.6 Å². The molecule has 25 heavy (non-hydrogen) atoms. The van der Waals surface area contributed by atoms with E-state index >= 15 is 0 Å². The molecule has 1 aromatic carbocycles. The number of nitrogens with zero attached hydrogens (tertiary/aromatic N) is 2. The van der Waals surface area contributed by atoms with Gasteiger partial charge in [0.15, 0.2) is 0 Å². The summed E-state index contributed by atoms with van der Waals surface area (Å²) in [5, 5.41) is 3.73. The summed E-state index contributed by atoms with van der Waals surface area (Å²) in [5.74, 6) is -0.508. The van der Waals surface area contributed by atoms with Crippen LogP contribution in [0, 0.1) is 12.7 Å². The number of aromatic nitrogens is 2. The summed E-state index contributed by atoms with van der Waals surface area (Å²) in [4.78, 5) is 21.6. The summed E-state index contributed by atoms with van der Waals surface area (Å²) in [6, 6.07) is 9.78. The van der Waals surface area contributed by atoms with E-state index in [2.05, 4.69) is 15.3 Å². The van der Waals surface area contributed by atoms with Crippen molar-refractivity contribution in [2.24, 2.45) is 0 Å². The lowest BCUT2D eigenvalue weighted by molar-refractivity contribution is -0.116. The molecule has 0 fully saturated rings. The topological polar surface area (TPSA) is 54.9 Å². The fourth-order valence-electron chi connectivity index (χ4n) is 2.18. The van der Waals surface area contributed by atoms with Crippen molar-refractivity contribution in [2.45, 2.75) is 13.5 Å². The van der Waals surface area contributed by atoms with Gasteiger partial charge in [-0.2, -0.15) is 0 Å². The summed E-state index contributed by atoms with van der Waals surface area (Å²) in [7, 11) is 0. The van der Waals surface area contributed by atoms with E-state index in [1.807, 2.05) is 19.1 Å². The lowest BCUT2D eigenvalue weighted by Crippen LogP contribution is -2.20. The lowest BCUT2D eigenvalue weighted by atomic mass is 10.2. The zero-order valence-electron chi connectivity index (χ0n) is 13.6. The maximum absolute atomic E-state index is 12.8. The minimum Gasteiger partial charge on any atom is -0.348 e. The Bertz CT molecular complexity index is 889. The highest BCUT2D eigenvalue weighted by Crippen LogP contribution is 2.27. The van der Waals surface area contributed by atoms with Crippen LogP contribution in [0.25, 0.3) is 16.6 Å². The summed E-state index contributed by atoms with van der Waals surface area (Å²) in [6.45, 7) is 2.34. The van der Waals surface area contributed by atoms with Crippen molar-refractivity contribution in [1.82, 2.24) is 15.3 Å². The molecule has 0 saturated carbocycles. The Kier molecular flexibility index (Phi) is 5.30. The second kappa shape index (κ2) is 7.81. The highest BCUT2D eigenvalue weighted by molar-refractivity contribution is 7.15. The Balaban J connectivity index is 1.60. The van der Waals surface area contributed by atoms with E-state index in [0.717, 1.165) is 26.7 Å². The molecule has 0 atom stereocenters. The summed E-state index contributed by atoms with van der Waals surface area (Å²) < 4.78 is 12.8. The molecule has 0 unspecified atom stereocenters. The van der Waals surface area contributed by atoms with E-state index in [1.165, 1.54) is 29.5 Å². The molecule has 4 nitrogen and oxygen atoms in total. The lowest BCUT2D eigenvalue weighted by Gasteiger charge is -2.00. The van der Waals surface area contributed by atoms with Gasteiger partial charge in [-0.1, -0.05) is 12.1 Å². The molecule has 0 aliphatic carbocycles. The summed E-state index contributed by atoms with van der Waals surface area (Å²) >= 11 is 1.54. The van der Waals surface area contributed by atoms with Crippen molar-refractivity contribution in [2.75, 3.05) is 0 Å². The Hall–Kier alpha value is -2.86. The Morgan fingerprint density at radius 2 is 2.08 bits per heavy atom. The molecule has 1 N–H and O–H groups in total. The molecule has 2 heterocycles. The minimum absolute atomic E-state index is 0.208. The molecule has 1 amide bonds. The second-order valence-corrected chi connectivity index (χ2v) is 6.46. The fourth-order valence-corrected chi connectivity index (χ4v) is 3.17. The van der Waals surface area contributed by atoms with E-state index in [4.69, 9.17) is 0 Å². The van der Waals surface area contributed by atoms with Crippen LogP contribution in [-0.4, -0.2) is 15.9 Å². The molecule has 3 rings (SSSR count). The number of benzene rings is 1. The number of hydrogen-bond acceptors (Lipinski definition) is 4. The number of pyridine rings is 1. The number of rotatable bonds is 5. The number of thiazole rings is 1. The Labute approximate surface area is 149 Å². The number of amides is 1. The second-order valence-electron chi connectivity index (χ2n) is 5.37. The quantitative estimate of drug-likeness (QED) is 0.706. The van der Waals surface area contributed by atoms with Crippen LogP contribution in [0.15, 0.2) is 54.9 Å². The van der Waals surface area contributed by atoms with Crippen LogP contribution in [0.3, 0.4) is 0 Å². The first-order chi connectivity index (χ1) is 12.1. The van der Waals surface area contributed by atoms with Crippen LogP contribution in [0.5, 0.6) is 0 Å². The molecule has 0 radical (unpaired) electrons. The summed E-state index contributed by atoms with van der Waals surface area (Å²) in [6.07, 6.45) is 6.58. The Morgan fingerprint density at radius 3 is 2.80 bits per heavy atom. The molecule has 2 aromatic heterocycles. The maximum Gasteiger partial charge on any atom is 0.244 e. The summed E-state index contributed by atoms with van der Waals surface area (Å²) in [5.41, 5.74) is 2.63. The first-order valence-corrected chi connectivity index (χ1v) is 8.51. The van der Waals surface area contributed by atoms with Crippen molar-refractivity contribution in [3.05, 3.63) is 76.8 Å². The Morgan fingerprint density at radius 1 is 1.28 bits per heavy atom. The number of nitrogens with one attached hydrogen (secondary N) is 1. The first-order valence-electron chi connectivity index (χ1n) is 7.70. The standard InChI is InChI=1S/C19H16FN3OS/c1-13-17(25-19(23-13)15-3-2-10-21-11-15)12-22-18(24)9-6-14-4-7-16(20)8-5-14/h2-11H,12H2,1H3,(H,22,24)/b9-6+. The van der Waals surface area contributed by atoms with Gasteiger partial charge in [-0.05, 0) is 42.8 Å². The highest BCUT2D eigenvalue weighted by Gasteiger charge is 2.10. The van der Waals surface area contributed by atoms with E-state index < -0.39 is 0 Å². The van der Waals surface area contributed by atoms with Gasteiger partial charge in [-0.15, -0.1) is 11.3 Å². The third-order valence-corrected chi connectivity index (χ3v) is 4.73. The molecule has 126 valence electrons. The molecular weight excluding hydrogens is 337 g/mol. The van der Waals surface area contributed by atoms with Crippen LogP contribution in [-0.2, 0) is 11.3 Å². The van der Waals surface area contributed by atoms with Gasteiger partial charge in [-0.25, -0.2) is 9.37 Å². The molecule has 0 aliphatic rings. The van der Waals surface area contributed by atoms with Crippen molar-refractivity contribution in [1.29, 1.82) is 0 Å². The molecule has 3 aromatic rings. The molecule has 6 heteroatoms. The number of carbonyl (C=O) groups is 1. The normalized spacial score (nSPS) is 11.0. The first kappa shape index (κ1) is 17.0. The predicted octanol–water partition coefficient (Wildman–Crippen LogP) is 3.98. The third kappa shape index (κ3) is 4.58. The van der Waals surface area contributed by atoms with Crippen LogP contribution >= 0.6 is 11.3 Å². The van der Waals surface area contributed by atoms with E-state index in [9.17, 15) is 9.18 Å². The van der Waals surface area contributed by atoms with Crippen LogP contribution < -0.4 is 5.32 Å². The maximum atomic E-state index is 12.8. The minimum atomic E-state index is -0.299. The SMILES string of the molecule is Cc1nc(-c2cccnc2)sc1CNC(=O)/C=C/c1ccc(F)cc1. The van der Waals surface area contributed by atoms with Gasteiger partial charge in [0.1, 0.15) is 10.8 Å². The van der Waals surface area contributed by atoms with Gasteiger partial charge in [0.25, 0.3) is 0 Å². The van der Waals surface area contributed by atoms with Gasteiger partial charge >= 0.3 is 0 Å². The van der Waals surface area contributed by atoms with E-state index in [-0.39, 0.29) is 11.7 Å². The average Bonchev–Trinajstić information content (AvgIpc) is 3.01. The monoisotopic (exact) mass is 353 g/mol. The van der Waals surface area contributed by atoms with Gasteiger partial charge in [0.05, 0.1) is 12.2 Å². The molecule has 0 spiro atoms. The number of hydrogen-bond donors (Lipinski definition) is 1. The van der Waals surface area contributed by atoms with Crippen molar-refractivity contribution in [3.63, 3.8) is 0 Å². The number of halogens is 1. The fraction of sp³-hybridized carbons (Fsp3) is 0.105. The molecule has 0 aliphatic heterocycles. The number of aryl methyl sites for hydroxylation is 1. The van der Waals surface area contributed by atoms with Gasteiger partial charge in [-0.3, -0.25) is 9.78 Å². The van der Waals surface area contributed by atoms with E-state index in [1.54, 1.807) is 30.6 Å². The molecule has 0 bridgehead atoms. The van der Waals surface area contributed by atoms with Crippen LogP contribution in [0.2, 0.25) is 0 Å². The molecule has 0 saturated heterocycles. The van der Waals surface area contributed by atoms with E-state index in [0.29, 0.717) is 6.54 Å². The van der Waals surface area contributed by atoms with Crippen molar-refractivity contribution < 1.29 is 9.18 Å². The zero-order valence-corrected chi connectivity index (χ0v) is 14.4. The van der Waals surface area contributed by atoms with Crippen LogP contribution in [0.4, 0.5) is 4.39 Å².